The van der Waals surface area contributed by atoms with Crippen LogP contribution in [0.3, 0.4) is 0 Å². The molecule has 7 heteroatoms. The zero-order chi connectivity index (χ0) is 18.6. The lowest BCUT2D eigenvalue weighted by Gasteiger charge is -2.30. The Morgan fingerprint density at radius 1 is 1.19 bits per heavy atom. The van der Waals surface area contributed by atoms with Crippen LogP contribution in [0.5, 0.6) is 0 Å². The minimum Gasteiger partial charge on any atom is -0.327 e. The summed E-state index contributed by atoms with van der Waals surface area (Å²) < 4.78 is 16.1. The summed E-state index contributed by atoms with van der Waals surface area (Å²) in [5, 5.41) is 4.11. The quantitative estimate of drug-likeness (QED) is 0.751. The van der Waals surface area contributed by atoms with E-state index in [0.717, 1.165) is 43.7 Å². The Balaban J connectivity index is 1.44. The molecule has 2 aromatic heterocycles. The normalized spacial score (nSPS) is 17.9. The summed E-state index contributed by atoms with van der Waals surface area (Å²) in [7, 11) is 0. The summed E-state index contributed by atoms with van der Waals surface area (Å²) >= 11 is 0. The summed E-state index contributed by atoms with van der Waals surface area (Å²) in [5.41, 5.74) is 8.91. The van der Waals surface area contributed by atoms with Crippen molar-refractivity contribution in [2.24, 2.45) is 5.73 Å². The molecule has 0 amide bonds. The molecule has 1 aliphatic rings. The lowest BCUT2D eigenvalue weighted by molar-refractivity contribution is 0.199. The van der Waals surface area contributed by atoms with Crippen LogP contribution in [-0.2, 0) is 13.1 Å². The highest BCUT2D eigenvalue weighted by Gasteiger charge is 2.17. The Hall–Kier alpha value is -2.64. The fourth-order valence-corrected chi connectivity index (χ4v) is 3.45. The molecule has 0 saturated carbocycles. The maximum Gasteiger partial charge on any atom is 0.128 e. The van der Waals surface area contributed by atoms with Crippen LogP contribution in [-0.4, -0.2) is 43.8 Å². The number of piperidine rings is 1. The van der Waals surface area contributed by atoms with Gasteiger partial charge in [0.05, 0.1) is 30.3 Å². The smallest absolute Gasteiger partial charge is 0.128 e. The van der Waals surface area contributed by atoms with Gasteiger partial charge in [-0.1, -0.05) is 12.1 Å². The lowest BCUT2D eigenvalue weighted by atomic mass is 10.1. The molecule has 27 heavy (non-hydrogen) atoms. The molecule has 1 saturated heterocycles. The number of rotatable bonds is 5. The molecule has 1 aliphatic heterocycles. The molecule has 4 rings (SSSR count). The van der Waals surface area contributed by atoms with Crippen molar-refractivity contribution in [2.75, 3.05) is 13.1 Å². The third-order valence-corrected chi connectivity index (χ3v) is 4.87. The molecule has 2 N–H and O–H groups in total. The zero-order valence-corrected chi connectivity index (χ0v) is 15.1. The van der Waals surface area contributed by atoms with E-state index in [0.29, 0.717) is 17.8 Å². The van der Waals surface area contributed by atoms with Crippen molar-refractivity contribution in [3.8, 4) is 11.3 Å². The predicted octanol–water partition coefficient (Wildman–Crippen LogP) is 2.45. The van der Waals surface area contributed by atoms with E-state index in [9.17, 15) is 4.39 Å². The SMILES string of the molecule is NC1CCCN(Cc2cnc(-c3ccc(Cn4cccn4)c(F)c3)cn2)C1. The van der Waals surface area contributed by atoms with E-state index >= 15 is 0 Å². The van der Waals surface area contributed by atoms with Crippen LogP contribution in [0, 0.1) is 5.82 Å². The first-order valence-corrected chi connectivity index (χ1v) is 9.22. The Kier molecular flexibility index (Phi) is 5.22. The molecule has 3 aromatic rings. The molecule has 140 valence electrons. The number of benzene rings is 1. The standard InChI is InChI=1S/C20H23FN6/c21-19-9-15(4-5-16(19)12-27-8-2-6-25-27)20-11-23-18(10-24-20)14-26-7-1-3-17(22)13-26/h2,4-6,8-11,17H,1,3,7,12-14,22H2. The topological polar surface area (TPSA) is 72.9 Å². The first-order valence-electron chi connectivity index (χ1n) is 9.22. The van der Waals surface area contributed by atoms with E-state index in [1.165, 1.54) is 6.07 Å². The molecule has 0 bridgehead atoms. The monoisotopic (exact) mass is 366 g/mol. The van der Waals surface area contributed by atoms with Crippen LogP contribution in [0.1, 0.15) is 24.1 Å². The fraction of sp³-hybridized carbons (Fsp3) is 0.350. The lowest BCUT2D eigenvalue weighted by Crippen LogP contribution is -2.42. The van der Waals surface area contributed by atoms with Crippen molar-refractivity contribution in [1.82, 2.24) is 24.6 Å². The van der Waals surface area contributed by atoms with Crippen LogP contribution >= 0.6 is 0 Å². The molecular formula is C20H23FN6. The third-order valence-electron chi connectivity index (χ3n) is 4.87. The third kappa shape index (κ3) is 4.37. The Bertz CT molecular complexity index is 878. The molecule has 0 radical (unpaired) electrons. The summed E-state index contributed by atoms with van der Waals surface area (Å²) in [5.74, 6) is -0.267. The van der Waals surface area contributed by atoms with Gasteiger partial charge in [0.25, 0.3) is 0 Å². The van der Waals surface area contributed by atoms with Crippen LogP contribution in [0.4, 0.5) is 4.39 Å². The predicted molar refractivity (Wildman–Crippen MR) is 101 cm³/mol. The Morgan fingerprint density at radius 2 is 2.11 bits per heavy atom. The van der Waals surface area contributed by atoms with Crippen LogP contribution in [0.15, 0.2) is 49.1 Å². The average Bonchev–Trinajstić information content (AvgIpc) is 3.17. The summed E-state index contributed by atoms with van der Waals surface area (Å²) in [6.07, 6.45) is 9.18. The van der Waals surface area contributed by atoms with Gasteiger partial charge in [-0.15, -0.1) is 0 Å². The average molecular weight is 366 g/mol. The van der Waals surface area contributed by atoms with Gasteiger partial charge in [-0.3, -0.25) is 19.5 Å². The fourth-order valence-electron chi connectivity index (χ4n) is 3.45. The maximum atomic E-state index is 14.4. The van der Waals surface area contributed by atoms with E-state index in [-0.39, 0.29) is 11.9 Å². The Labute approximate surface area is 157 Å². The van der Waals surface area contributed by atoms with Crippen molar-refractivity contribution in [3.63, 3.8) is 0 Å². The van der Waals surface area contributed by atoms with Gasteiger partial charge in [0.15, 0.2) is 0 Å². The summed E-state index contributed by atoms with van der Waals surface area (Å²) in [6.45, 7) is 3.09. The maximum absolute atomic E-state index is 14.4. The molecule has 1 fully saturated rings. The van der Waals surface area contributed by atoms with Gasteiger partial charge in [0, 0.05) is 42.7 Å². The second-order valence-corrected chi connectivity index (χ2v) is 7.04. The molecule has 6 nitrogen and oxygen atoms in total. The summed E-state index contributed by atoms with van der Waals surface area (Å²) in [6, 6.07) is 7.22. The van der Waals surface area contributed by atoms with Gasteiger partial charge < -0.3 is 5.73 Å². The van der Waals surface area contributed by atoms with Crippen molar-refractivity contribution in [2.45, 2.75) is 32.0 Å². The van der Waals surface area contributed by atoms with Gasteiger partial charge in [-0.2, -0.15) is 5.10 Å². The van der Waals surface area contributed by atoms with Crippen LogP contribution in [0.25, 0.3) is 11.3 Å². The number of hydrogen-bond acceptors (Lipinski definition) is 5. The van der Waals surface area contributed by atoms with Crippen LogP contribution < -0.4 is 5.73 Å². The number of hydrogen-bond donors (Lipinski definition) is 1. The number of likely N-dealkylation sites (tertiary alicyclic amines) is 1. The van der Waals surface area contributed by atoms with E-state index < -0.39 is 0 Å². The second kappa shape index (κ2) is 7.94. The van der Waals surface area contributed by atoms with E-state index in [4.69, 9.17) is 5.73 Å². The van der Waals surface area contributed by atoms with Gasteiger partial charge >= 0.3 is 0 Å². The minimum atomic E-state index is -0.267. The number of nitrogens with zero attached hydrogens (tertiary/aromatic N) is 5. The van der Waals surface area contributed by atoms with Crippen molar-refractivity contribution < 1.29 is 4.39 Å². The van der Waals surface area contributed by atoms with E-state index in [1.54, 1.807) is 29.3 Å². The second-order valence-electron chi connectivity index (χ2n) is 7.04. The van der Waals surface area contributed by atoms with Gasteiger partial charge in [0.1, 0.15) is 5.82 Å². The molecule has 1 unspecified atom stereocenters. The summed E-state index contributed by atoms with van der Waals surface area (Å²) in [4.78, 5) is 11.3. The van der Waals surface area contributed by atoms with Gasteiger partial charge in [0.2, 0.25) is 0 Å². The van der Waals surface area contributed by atoms with Crippen molar-refractivity contribution in [3.05, 3.63) is 66.1 Å². The molecule has 1 aromatic carbocycles. The number of nitrogens with two attached hydrogens (primary N) is 1. The highest BCUT2D eigenvalue weighted by Crippen LogP contribution is 2.20. The van der Waals surface area contributed by atoms with Crippen LogP contribution in [0.2, 0.25) is 0 Å². The van der Waals surface area contributed by atoms with Gasteiger partial charge in [-0.25, -0.2) is 4.39 Å². The highest BCUT2D eigenvalue weighted by atomic mass is 19.1. The zero-order valence-electron chi connectivity index (χ0n) is 15.1. The Morgan fingerprint density at radius 3 is 2.81 bits per heavy atom. The molecule has 3 heterocycles. The van der Waals surface area contributed by atoms with Crippen molar-refractivity contribution in [1.29, 1.82) is 0 Å². The first kappa shape index (κ1) is 17.8. The molecular weight excluding hydrogens is 343 g/mol. The molecule has 0 spiro atoms. The molecule has 0 aliphatic carbocycles. The largest absolute Gasteiger partial charge is 0.327 e. The van der Waals surface area contributed by atoms with E-state index in [1.807, 2.05) is 18.3 Å². The minimum absolute atomic E-state index is 0.245. The highest BCUT2D eigenvalue weighted by molar-refractivity contribution is 5.58. The molecule has 1 atom stereocenters. The first-order chi connectivity index (χ1) is 13.2. The van der Waals surface area contributed by atoms with Crippen molar-refractivity contribution >= 4 is 0 Å². The van der Waals surface area contributed by atoms with E-state index in [2.05, 4.69) is 20.0 Å². The van der Waals surface area contributed by atoms with Gasteiger partial charge in [-0.05, 0) is 31.5 Å². The number of aromatic nitrogens is 4. The number of halogens is 1.